The fourth-order valence-electron chi connectivity index (χ4n) is 0.560. The van der Waals surface area contributed by atoms with Crippen molar-refractivity contribution in [3.05, 3.63) is 24.4 Å². The van der Waals surface area contributed by atoms with E-state index in [1.165, 1.54) is 0 Å². The van der Waals surface area contributed by atoms with E-state index in [1.54, 1.807) is 0 Å². The Hall–Kier alpha value is -1.05. The number of rotatable bonds is 4. The first-order valence-corrected chi connectivity index (χ1v) is 3.17. The second kappa shape index (κ2) is 4.79. The second-order valence-corrected chi connectivity index (χ2v) is 2.05. The molecule has 0 aliphatic carbocycles. The third-order valence-electron chi connectivity index (χ3n) is 1.16. The van der Waals surface area contributed by atoms with Crippen molar-refractivity contribution in [1.82, 2.24) is 4.90 Å². The predicted octanol–water partition coefficient (Wildman–Crippen LogP) is 1.67. The highest BCUT2D eigenvalue weighted by atomic mass is 15.2. The Morgan fingerprint density at radius 1 is 1.70 bits per heavy atom. The van der Waals surface area contributed by atoms with Crippen molar-refractivity contribution < 1.29 is 0 Å². The normalized spacial score (nSPS) is 9.80. The number of hydrogen-bond acceptors (Lipinski definition) is 2. The van der Waals surface area contributed by atoms with Crippen LogP contribution in [0.3, 0.4) is 0 Å². The summed E-state index contributed by atoms with van der Waals surface area (Å²) >= 11 is 0. The largest absolute Gasteiger partial charge is 0.356 e. The van der Waals surface area contributed by atoms with E-state index in [2.05, 4.69) is 18.3 Å². The first-order chi connectivity index (χ1) is 4.72. The average molecular weight is 138 g/mol. The van der Waals surface area contributed by atoms with Crippen molar-refractivity contribution in [2.45, 2.75) is 6.92 Å². The Labute approximate surface area is 62.6 Å². The minimum atomic E-state index is 0.600. The van der Waals surface area contributed by atoms with Gasteiger partial charge in [-0.05, 0) is 19.7 Å². The zero-order chi connectivity index (χ0) is 7.98. The van der Waals surface area contributed by atoms with Crippen LogP contribution in [0.1, 0.15) is 6.92 Å². The van der Waals surface area contributed by atoms with Crippen LogP contribution in [0.4, 0.5) is 0 Å². The lowest BCUT2D eigenvalue weighted by Gasteiger charge is -2.15. The molecule has 0 amide bonds. The molecule has 0 saturated heterocycles. The molecule has 0 aliphatic rings. The highest BCUT2D eigenvalue weighted by Gasteiger charge is 1.92. The van der Waals surface area contributed by atoms with E-state index in [1.807, 2.05) is 31.0 Å². The Balaban J connectivity index is 3.81. The van der Waals surface area contributed by atoms with Gasteiger partial charge in [0.2, 0.25) is 0 Å². The number of likely N-dealkylation sites (N-methyl/N-ethyl adjacent to an activating group) is 1. The molecule has 0 spiro atoms. The Kier molecular flexibility index (Phi) is 4.29. The molecule has 0 aromatic heterocycles. The molecule has 0 heterocycles. The van der Waals surface area contributed by atoms with Gasteiger partial charge < -0.3 is 4.90 Å². The van der Waals surface area contributed by atoms with Gasteiger partial charge in [0.1, 0.15) is 6.67 Å². The molecule has 0 saturated carbocycles. The molecule has 0 aromatic rings. The van der Waals surface area contributed by atoms with Crippen LogP contribution >= 0.6 is 0 Å². The summed E-state index contributed by atoms with van der Waals surface area (Å²) in [6.07, 6.45) is 3.88. The fourth-order valence-corrected chi connectivity index (χ4v) is 0.560. The van der Waals surface area contributed by atoms with Crippen molar-refractivity contribution in [3.63, 3.8) is 0 Å². The zero-order valence-electron chi connectivity index (χ0n) is 6.67. The summed E-state index contributed by atoms with van der Waals surface area (Å²) in [6.45, 7) is 9.76. The molecule has 0 N–H and O–H groups in total. The van der Waals surface area contributed by atoms with Gasteiger partial charge in [0.15, 0.2) is 0 Å². The van der Waals surface area contributed by atoms with Crippen molar-refractivity contribution in [2.24, 2.45) is 4.99 Å². The molecule has 0 rings (SSSR count). The van der Waals surface area contributed by atoms with Crippen LogP contribution in [0.5, 0.6) is 0 Å². The Morgan fingerprint density at radius 2 is 2.30 bits per heavy atom. The van der Waals surface area contributed by atoms with E-state index in [-0.39, 0.29) is 0 Å². The van der Waals surface area contributed by atoms with Crippen LogP contribution in [0, 0.1) is 0 Å². The molecule has 10 heavy (non-hydrogen) atoms. The van der Waals surface area contributed by atoms with Gasteiger partial charge in [0, 0.05) is 12.7 Å². The molecule has 0 aliphatic heterocycles. The SMILES string of the molecule is C=NCN(C)C(=C)/C=C\C. The first kappa shape index (κ1) is 8.95. The maximum Gasteiger partial charge on any atom is 0.109 e. The van der Waals surface area contributed by atoms with E-state index in [4.69, 9.17) is 0 Å². The van der Waals surface area contributed by atoms with E-state index < -0.39 is 0 Å². The van der Waals surface area contributed by atoms with E-state index in [0.717, 1.165) is 5.70 Å². The summed E-state index contributed by atoms with van der Waals surface area (Å²) in [4.78, 5) is 5.64. The van der Waals surface area contributed by atoms with Gasteiger partial charge in [0.25, 0.3) is 0 Å². The molecule has 0 unspecified atom stereocenters. The summed E-state index contributed by atoms with van der Waals surface area (Å²) in [5.74, 6) is 0. The van der Waals surface area contributed by atoms with Gasteiger partial charge in [-0.25, -0.2) is 0 Å². The third kappa shape index (κ3) is 3.07. The Bertz CT molecular complexity index is 147. The molecule has 56 valence electrons. The molecular weight excluding hydrogens is 124 g/mol. The molecular formula is C8H14N2. The highest BCUT2D eigenvalue weighted by Crippen LogP contribution is 1.98. The van der Waals surface area contributed by atoms with Crippen LogP contribution in [0.25, 0.3) is 0 Å². The van der Waals surface area contributed by atoms with Gasteiger partial charge >= 0.3 is 0 Å². The summed E-state index contributed by atoms with van der Waals surface area (Å²) in [5, 5.41) is 0. The quantitative estimate of drug-likeness (QED) is 0.426. The maximum absolute atomic E-state index is 3.81. The summed E-state index contributed by atoms with van der Waals surface area (Å²) in [7, 11) is 1.93. The molecule has 0 aromatic carbocycles. The lowest BCUT2D eigenvalue weighted by Crippen LogP contribution is -2.15. The monoisotopic (exact) mass is 138 g/mol. The van der Waals surface area contributed by atoms with Gasteiger partial charge in [-0.1, -0.05) is 12.7 Å². The van der Waals surface area contributed by atoms with Crippen molar-refractivity contribution in [2.75, 3.05) is 13.7 Å². The van der Waals surface area contributed by atoms with E-state index >= 15 is 0 Å². The standard InChI is InChI=1S/C8H14N2/c1-5-6-8(2)10(4)7-9-3/h5-6H,2-3,7H2,1,4H3/b6-5-. The minimum absolute atomic E-state index is 0.600. The molecule has 0 fully saturated rings. The smallest absolute Gasteiger partial charge is 0.109 e. The van der Waals surface area contributed by atoms with E-state index in [0.29, 0.717) is 6.67 Å². The number of aliphatic imine (C=N–C) groups is 1. The average Bonchev–Trinajstić information content (AvgIpc) is 1.89. The number of allylic oxidation sites excluding steroid dienone is 2. The van der Waals surface area contributed by atoms with Crippen LogP contribution in [0.15, 0.2) is 29.4 Å². The first-order valence-electron chi connectivity index (χ1n) is 3.17. The molecule has 0 bridgehead atoms. The minimum Gasteiger partial charge on any atom is -0.356 e. The molecule has 0 atom stereocenters. The topological polar surface area (TPSA) is 15.6 Å². The van der Waals surface area contributed by atoms with Crippen LogP contribution in [-0.2, 0) is 0 Å². The molecule has 2 heteroatoms. The highest BCUT2D eigenvalue weighted by molar-refractivity contribution is 5.23. The molecule has 2 nitrogen and oxygen atoms in total. The lowest BCUT2D eigenvalue weighted by atomic mass is 10.4. The van der Waals surface area contributed by atoms with Gasteiger partial charge in [-0.3, -0.25) is 4.99 Å². The van der Waals surface area contributed by atoms with Gasteiger partial charge in [-0.2, -0.15) is 0 Å². The third-order valence-corrected chi connectivity index (χ3v) is 1.16. The summed E-state index contributed by atoms with van der Waals surface area (Å²) < 4.78 is 0. The lowest BCUT2D eigenvalue weighted by molar-refractivity contribution is 0.449. The van der Waals surface area contributed by atoms with Crippen molar-refractivity contribution in [3.8, 4) is 0 Å². The fraction of sp³-hybridized carbons (Fsp3) is 0.375. The van der Waals surface area contributed by atoms with Crippen LogP contribution in [0.2, 0.25) is 0 Å². The van der Waals surface area contributed by atoms with Gasteiger partial charge in [0.05, 0.1) is 0 Å². The van der Waals surface area contributed by atoms with Crippen LogP contribution in [-0.4, -0.2) is 25.3 Å². The van der Waals surface area contributed by atoms with Crippen molar-refractivity contribution >= 4 is 6.72 Å². The summed E-state index contributed by atoms with van der Waals surface area (Å²) in [6, 6.07) is 0. The van der Waals surface area contributed by atoms with Crippen molar-refractivity contribution in [1.29, 1.82) is 0 Å². The molecule has 0 radical (unpaired) electrons. The zero-order valence-corrected chi connectivity index (χ0v) is 6.67. The number of hydrogen-bond donors (Lipinski definition) is 0. The number of nitrogens with zero attached hydrogens (tertiary/aromatic N) is 2. The maximum atomic E-state index is 3.81. The summed E-state index contributed by atoms with van der Waals surface area (Å²) in [5.41, 5.74) is 0.954. The Morgan fingerprint density at radius 3 is 2.70 bits per heavy atom. The second-order valence-electron chi connectivity index (χ2n) is 2.05. The van der Waals surface area contributed by atoms with Crippen LogP contribution < -0.4 is 0 Å². The van der Waals surface area contributed by atoms with Gasteiger partial charge in [-0.15, -0.1) is 0 Å². The van der Waals surface area contributed by atoms with E-state index in [9.17, 15) is 0 Å². The predicted molar refractivity (Wildman–Crippen MR) is 46.1 cm³/mol.